The van der Waals surface area contributed by atoms with Crippen LogP contribution in [-0.4, -0.2) is 12.5 Å². The van der Waals surface area contributed by atoms with Crippen LogP contribution in [0.4, 0.5) is 0 Å². The fraction of sp³-hybridized carbons (Fsp3) is 0.571. The van der Waals surface area contributed by atoms with E-state index in [-0.39, 0.29) is 0 Å². The predicted octanol–water partition coefficient (Wildman–Crippen LogP) is 4.37. The Balaban J connectivity index is 2.66. The maximum atomic E-state index is 5.74. The van der Waals surface area contributed by atoms with Gasteiger partial charge in [-0.3, -0.25) is 0 Å². The van der Waals surface area contributed by atoms with Crippen LogP contribution < -0.4 is 4.74 Å². The van der Waals surface area contributed by atoms with Gasteiger partial charge in [-0.1, -0.05) is 26.8 Å². The van der Waals surface area contributed by atoms with Gasteiger partial charge in [0.25, 0.3) is 0 Å². The summed E-state index contributed by atoms with van der Waals surface area (Å²) in [5.41, 5.74) is 2.68. The summed E-state index contributed by atoms with van der Waals surface area (Å²) in [6.45, 7) is 9.32. The van der Waals surface area contributed by atoms with E-state index in [4.69, 9.17) is 16.3 Å². The van der Waals surface area contributed by atoms with E-state index in [1.165, 1.54) is 11.1 Å². The molecule has 0 N–H and O–H groups in total. The number of benzene rings is 1. The zero-order chi connectivity index (χ0) is 12.1. The minimum atomic E-state index is 0.395. The van der Waals surface area contributed by atoms with Crippen LogP contribution in [0.25, 0.3) is 0 Å². The van der Waals surface area contributed by atoms with Crippen LogP contribution in [0, 0.1) is 12.8 Å². The highest BCUT2D eigenvalue weighted by molar-refractivity contribution is 6.18. The lowest BCUT2D eigenvalue weighted by molar-refractivity contribution is 0.272. The van der Waals surface area contributed by atoms with Gasteiger partial charge in [-0.25, -0.2) is 0 Å². The molecule has 1 aromatic rings. The molecule has 0 saturated heterocycles. The second kappa shape index (κ2) is 6.15. The minimum absolute atomic E-state index is 0.395. The molecular weight excluding hydrogens is 220 g/mol. The summed E-state index contributed by atoms with van der Waals surface area (Å²) in [7, 11) is 0. The van der Waals surface area contributed by atoms with E-state index >= 15 is 0 Å². The molecule has 90 valence electrons. The Labute approximate surface area is 104 Å². The van der Waals surface area contributed by atoms with Crippen molar-refractivity contribution in [2.24, 2.45) is 5.92 Å². The highest BCUT2D eigenvalue weighted by Crippen LogP contribution is 2.23. The van der Waals surface area contributed by atoms with Crippen LogP contribution in [0.3, 0.4) is 0 Å². The molecule has 0 aliphatic rings. The number of ether oxygens (including phenoxy) is 1. The lowest BCUT2D eigenvalue weighted by atomic mass is 9.98. The van der Waals surface area contributed by atoms with E-state index < -0.39 is 0 Å². The smallest absolute Gasteiger partial charge is 0.119 e. The van der Waals surface area contributed by atoms with Gasteiger partial charge < -0.3 is 4.74 Å². The lowest BCUT2D eigenvalue weighted by Crippen LogP contribution is -2.09. The van der Waals surface area contributed by atoms with Crippen LogP contribution in [-0.2, 0) is 0 Å². The second-order valence-corrected chi connectivity index (χ2v) is 5.05. The van der Waals surface area contributed by atoms with Gasteiger partial charge in [-0.2, -0.15) is 0 Å². The average molecular weight is 241 g/mol. The van der Waals surface area contributed by atoms with Crippen molar-refractivity contribution >= 4 is 11.6 Å². The van der Waals surface area contributed by atoms with E-state index in [2.05, 4.69) is 39.8 Å². The minimum Gasteiger partial charge on any atom is -0.493 e. The number of hydrogen-bond acceptors (Lipinski definition) is 1. The molecule has 1 unspecified atom stereocenters. The topological polar surface area (TPSA) is 9.23 Å². The zero-order valence-electron chi connectivity index (χ0n) is 10.6. The van der Waals surface area contributed by atoms with Crippen molar-refractivity contribution in [1.29, 1.82) is 0 Å². The van der Waals surface area contributed by atoms with E-state index in [1.54, 1.807) is 0 Å². The van der Waals surface area contributed by atoms with Crippen LogP contribution >= 0.6 is 11.6 Å². The summed E-state index contributed by atoms with van der Waals surface area (Å²) < 4.78 is 5.69. The van der Waals surface area contributed by atoms with Crippen LogP contribution in [0.2, 0.25) is 0 Å². The average Bonchev–Trinajstić information content (AvgIpc) is 2.25. The number of halogens is 1. The number of rotatable bonds is 5. The third kappa shape index (κ3) is 3.71. The molecule has 0 saturated carbocycles. The molecule has 1 nitrogen and oxygen atoms in total. The number of alkyl halides is 1. The van der Waals surface area contributed by atoms with Gasteiger partial charge in [0.2, 0.25) is 0 Å². The summed E-state index contributed by atoms with van der Waals surface area (Å²) in [6, 6.07) is 6.31. The second-order valence-electron chi connectivity index (χ2n) is 4.74. The summed E-state index contributed by atoms with van der Waals surface area (Å²) in [6.07, 6.45) is 0. The van der Waals surface area contributed by atoms with Gasteiger partial charge in [0, 0.05) is 11.8 Å². The lowest BCUT2D eigenvalue weighted by Gasteiger charge is -2.14. The summed E-state index contributed by atoms with van der Waals surface area (Å²) in [4.78, 5) is 0. The van der Waals surface area contributed by atoms with Crippen molar-refractivity contribution in [3.05, 3.63) is 29.3 Å². The van der Waals surface area contributed by atoms with E-state index in [1.807, 2.05) is 6.07 Å². The maximum absolute atomic E-state index is 5.74. The first-order valence-corrected chi connectivity index (χ1v) is 6.37. The summed E-state index contributed by atoms with van der Waals surface area (Å²) in [5, 5.41) is 0. The molecular formula is C14H21ClO. The molecule has 2 heteroatoms. The van der Waals surface area contributed by atoms with E-state index in [9.17, 15) is 0 Å². The van der Waals surface area contributed by atoms with Crippen LogP contribution in [0.1, 0.15) is 37.8 Å². The molecule has 0 radical (unpaired) electrons. The Kier molecular flexibility index (Phi) is 5.14. The highest BCUT2D eigenvalue weighted by Gasteiger charge is 2.06. The Morgan fingerprint density at radius 1 is 1.25 bits per heavy atom. The van der Waals surface area contributed by atoms with E-state index in [0.29, 0.717) is 24.3 Å². The Bertz CT molecular complexity index is 334. The molecule has 1 rings (SSSR count). The van der Waals surface area contributed by atoms with Gasteiger partial charge in [0.15, 0.2) is 0 Å². The first-order valence-electron chi connectivity index (χ1n) is 5.84. The van der Waals surface area contributed by atoms with Crippen molar-refractivity contribution in [3.8, 4) is 5.75 Å². The van der Waals surface area contributed by atoms with Gasteiger partial charge in [0.05, 0.1) is 6.61 Å². The first kappa shape index (κ1) is 13.4. The third-order valence-corrected chi connectivity index (χ3v) is 3.19. The highest BCUT2D eigenvalue weighted by atomic mass is 35.5. The van der Waals surface area contributed by atoms with Crippen molar-refractivity contribution < 1.29 is 4.74 Å². The largest absolute Gasteiger partial charge is 0.493 e. The standard InChI is InChI=1S/C14H21ClO/c1-10(2)14-6-5-13(7-12(14)4)16-9-11(3)8-15/h5-7,10-11H,8-9H2,1-4H3. The number of aryl methyl sites for hydroxylation is 1. The molecule has 0 bridgehead atoms. The Morgan fingerprint density at radius 3 is 2.44 bits per heavy atom. The molecule has 0 spiro atoms. The number of hydrogen-bond donors (Lipinski definition) is 0. The fourth-order valence-corrected chi connectivity index (χ4v) is 1.76. The summed E-state index contributed by atoms with van der Waals surface area (Å²) in [5.74, 6) is 2.55. The molecule has 1 atom stereocenters. The third-order valence-electron chi connectivity index (χ3n) is 2.66. The quantitative estimate of drug-likeness (QED) is 0.695. The molecule has 1 aromatic carbocycles. The zero-order valence-corrected chi connectivity index (χ0v) is 11.3. The molecule has 0 fully saturated rings. The Morgan fingerprint density at radius 2 is 1.94 bits per heavy atom. The molecule has 0 aliphatic carbocycles. The van der Waals surface area contributed by atoms with Crippen molar-refractivity contribution in [2.75, 3.05) is 12.5 Å². The van der Waals surface area contributed by atoms with E-state index in [0.717, 1.165) is 5.75 Å². The maximum Gasteiger partial charge on any atom is 0.119 e. The monoisotopic (exact) mass is 240 g/mol. The van der Waals surface area contributed by atoms with Gasteiger partial charge >= 0.3 is 0 Å². The Hall–Kier alpha value is -0.690. The molecule has 16 heavy (non-hydrogen) atoms. The van der Waals surface area contributed by atoms with Crippen LogP contribution in [0.5, 0.6) is 5.75 Å². The fourth-order valence-electron chi connectivity index (χ4n) is 1.67. The van der Waals surface area contributed by atoms with Gasteiger partial charge in [-0.05, 0) is 36.1 Å². The molecule has 0 aromatic heterocycles. The van der Waals surface area contributed by atoms with Crippen molar-refractivity contribution in [2.45, 2.75) is 33.6 Å². The first-order chi connectivity index (χ1) is 7.54. The van der Waals surface area contributed by atoms with Gasteiger partial charge in [0.1, 0.15) is 5.75 Å². The SMILES string of the molecule is Cc1cc(OCC(C)CCl)ccc1C(C)C. The molecule has 0 aliphatic heterocycles. The van der Waals surface area contributed by atoms with Crippen molar-refractivity contribution in [3.63, 3.8) is 0 Å². The van der Waals surface area contributed by atoms with Gasteiger partial charge in [-0.15, -0.1) is 11.6 Å². The molecule has 0 heterocycles. The normalized spacial score (nSPS) is 12.9. The predicted molar refractivity (Wildman–Crippen MR) is 70.6 cm³/mol. The summed E-state index contributed by atoms with van der Waals surface area (Å²) >= 11 is 5.74. The molecule has 0 amide bonds. The van der Waals surface area contributed by atoms with Crippen molar-refractivity contribution in [1.82, 2.24) is 0 Å². The van der Waals surface area contributed by atoms with Crippen LogP contribution in [0.15, 0.2) is 18.2 Å².